The molecular weight excluding hydrogens is 398 g/mol. The molecule has 0 unspecified atom stereocenters. The highest BCUT2D eigenvalue weighted by Gasteiger charge is 2.18. The van der Waals surface area contributed by atoms with Gasteiger partial charge in [-0.25, -0.2) is 0 Å². The van der Waals surface area contributed by atoms with Crippen molar-refractivity contribution in [1.29, 1.82) is 0 Å². The number of nitrogens with zero attached hydrogens (tertiary/aromatic N) is 2. The lowest BCUT2D eigenvalue weighted by atomic mass is 10.1. The summed E-state index contributed by atoms with van der Waals surface area (Å²) in [4.78, 5) is 31.1. The Bertz CT molecular complexity index is 1190. The van der Waals surface area contributed by atoms with Crippen molar-refractivity contribution in [2.75, 3.05) is 20.2 Å². The average Bonchev–Trinajstić information content (AvgIpc) is 3.05. The minimum Gasteiger partial charge on any atom is -0.496 e. The maximum absolute atomic E-state index is 13.1. The summed E-state index contributed by atoms with van der Waals surface area (Å²) in [6.45, 7) is 1.88. The molecule has 1 amide bonds. The smallest absolute Gasteiger partial charge is 0.262 e. The lowest BCUT2D eigenvalue weighted by Gasteiger charge is -2.20. The zero-order valence-corrected chi connectivity index (χ0v) is 17.8. The normalized spacial score (nSPS) is 14.5. The summed E-state index contributed by atoms with van der Waals surface area (Å²) in [5.74, 6) is 0.716. The van der Waals surface area contributed by atoms with Gasteiger partial charge >= 0.3 is 0 Å². The van der Waals surface area contributed by atoms with Crippen LogP contribution in [0, 0.1) is 4.77 Å². The van der Waals surface area contributed by atoms with Gasteiger partial charge in [0, 0.05) is 24.2 Å². The summed E-state index contributed by atoms with van der Waals surface area (Å²) in [7, 11) is 1.60. The van der Waals surface area contributed by atoms with Crippen molar-refractivity contribution in [2.45, 2.75) is 32.2 Å². The number of H-pyrrole nitrogens is 1. The van der Waals surface area contributed by atoms with Gasteiger partial charge in [-0.2, -0.15) is 0 Å². The fourth-order valence-corrected chi connectivity index (χ4v) is 4.25. The zero-order valence-electron chi connectivity index (χ0n) is 17.0. The highest BCUT2D eigenvalue weighted by Crippen LogP contribution is 2.20. The van der Waals surface area contributed by atoms with Crippen molar-refractivity contribution in [3.8, 4) is 5.75 Å². The molecule has 0 atom stereocenters. The summed E-state index contributed by atoms with van der Waals surface area (Å²) in [6.07, 6.45) is 4.41. The Morgan fingerprint density at radius 3 is 2.57 bits per heavy atom. The van der Waals surface area contributed by atoms with Crippen molar-refractivity contribution in [3.05, 3.63) is 68.7 Å². The van der Waals surface area contributed by atoms with E-state index in [9.17, 15) is 9.59 Å². The predicted octanol–water partition coefficient (Wildman–Crippen LogP) is 4.13. The second kappa shape index (κ2) is 8.83. The fourth-order valence-electron chi connectivity index (χ4n) is 3.99. The van der Waals surface area contributed by atoms with E-state index in [2.05, 4.69) is 4.98 Å². The maximum atomic E-state index is 13.1. The number of carbonyl (C=O) groups is 1. The SMILES string of the molecule is COc1ccccc1Cn1c(=S)[nH]c2cc(C(=O)N3CCCCCC3)ccc2c1=O. The van der Waals surface area contributed by atoms with Gasteiger partial charge in [-0.3, -0.25) is 14.2 Å². The number of rotatable bonds is 4. The molecule has 2 aromatic carbocycles. The quantitative estimate of drug-likeness (QED) is 0.641. The highest BCUT2D eigenvalue weighted by atomic mass is 32.1. The first-order valence-electron chi connectivity index (χ1n) is 10.3. The molecule has 1 aromatic heterocycles. The Labute approximate surface area is 180 Å². The van der Waals surface area contributed by atoms with Crippen LogP contribution in [-0.2, 0) is 6.54 Å². The first-order valence-corrected chi connectivity index (χ1v) is 10.7. The Morgan fingerprint density at radius 1 is 1.10 bits per heavy atom. The maximum Gasteiger partial charge on any atom is 0.262 e. The molecule has 1 aliphatic rings. The highest BCUT2D eigenvalue weighted by molar-refractivity contribution is 7.71. The van der Waals surface area contributed by atoms with Gasteiger partial charge < -0.3 is 14.6 Å². The van der Waals surface area contributed by atoms with Crippen LogP contribution in [0.25, 0.3) is 10.9 Å². The molecule has 1 aliphatic heterocycles. The number of benzene rings is 2. The number of fused-ring (bicyclic) bond motifs is 1. The summed E-state index contributed by atoms with van der Waals surface area (Å²) < 4.78 is 7.23. The van der Waals surface area contributed by atoms with E-state index < -0.39 is 0 Å². The van der Waals surface area contributed by atoms with Gasteiger partial charge in [0.15, 0.2) is 4.77 Å². The molecule has 0 radical (unpaired) electrons. The van der Waals surface area contributed by atoms with Crippen LogP contribution in [-0.4, -0.2) is 40.6 Å². The molecule has 1 N–H and O–H groups in total. The fraction of sp³-hybridized carbons (Fsp3) is 0.348. The number of aromatic nitrogens is 2. The van der Waals surface area contributed by atoms with E-state index in [1.54, 1.807) is 25.3 Å². The molecule has 2 heterocycles. The minimum atomic E-state index is -0.187. The van der Waals surface area contributed by atoms with E-state index in [4.69, 9.17) is 17.0 Å². The average molecular weight is 424 g/mol. The van der Waals surface area contributed by atoms with Gasteiger partial charge in [-0.1, -0.05) is 31.0 Å². The van der Waals surface area contributed by atoms with Crippen molar-refractivity contribution in [1.82, 2.24) is 14.5 Å². The molecule has 0 saturated carbocycles. The van der Waals surface area contributed by atoms with Crippen molar-refractivity contribution >= 4 is 29.0 Å². The molecule has 156 valence electrons. The molecule has 1 saturated heterocycles. The second-order valence-corrected chi connectivity index (χ2v) is 7.99. The number of hydrogen-bond acceptors (Lipinski definition) is 4. The molecule has 4 rings (SSSR count). The summed E-state index contributed by atoms with van der Waals surface area (Å²) in [5.41, 5.74) is 1.85. The minimum absolute atomic E-state index is 0.0105. The number of likely N-dealkylation sites (tertiary alicyclic amines) is 1. The van der Waals surface area contributed by atoms with E-state index in [0.717, 1.165) is 31.5 Å². The molecule has 30 heavy (non-hydrogen) atoms. The van der Waals surface area contributed by atoms with Crippen LogP contribution in [0.3, 0.4) is 0 Å². The number of para-hydroxylation sites is 1. The van der Waals surface area contributed by atoms with Crippen LogP contribution in [0.1, 0.15) is 41.6 Å². The Balaban J connectivity index is 1.70. The lowest BCUT2D eigenvalue weighted by molar-refractivity contribution is 0.0762. The van der Waals surface area contributed by atoms with Crippen LogP contribution in [0.15, 0.2) is 47.3 Å². The van der Waals surface area contributed by atoms with E-state index in [1.165, 1.54) is 17.4 Å². The van der Waals surface area contributed by atoms with E-state index in [1.807, 2.05) is 29.2 Å². The zero-order chi connectivity index (χ0) is 21.1. The number of methoxy groups -OCH3 is 1. The number of hydrogen-bond donors (Lipinski definition) is 1. The van der Waals surface area contributed by atoms with Gasteiger partial charge in [-0.15, -0.1) is 0 Å². The first kappa shape index (κ1) is 20.3. The van der Waals surface area contributed by atoms with E-state index >= 15 is 0 Å². The molecule has 0 bridgehead atoms. The lowest BCUT2D eigenvalue weighted by Crippen LogP contribution is -2.32. The van der Waals surface area contributed by atoms with Gasteiger partial charge in [0.1, 0.15) is 5.75 Å². The number of amides is 1. The molecule has 1 fully saturated rings. The van der Waals surface area contributed by atoms with Crippen LogP contribution in [0.5, 0.6) is 5.75 Å². The molecular formula is C23H25N3O3S. The van der Waals surface area contributed by atoms with Crippen LogP contribution in [0.2, 0.25) is 0 Å². The first-order chi connectivity index (χ1) is 14.6. The third-order valence-electron chi connectivity index (χ3n) is 5.64. The van der Waals surface area contributed by atoms with Gasteiger partial charge in [0.2, 0.25) is 0 Å². The van der Waals surface area contributed by atoms with Crippen LogP contribution in [0.4, 0.5) is 0 Å². The monoisotopic (exact) mass is 423 g/mol. The van der Waals surface area contributed by atoms with Crippen molar-refractivity contribution in [3.63, 3.8) is 0 Å². The largest absolute Gasteiger partial charge is 0.496 e. The third-order valence-corrected chi connectivity index (χ3v) is 5.97. The van der Waals surface area contributed by atoms with E-state index in [0.29, 0.717) is 33.5 Å². The molecule has 6 nitrogen and oxygen atoms in total. The molecule has 0 spiro atoms. The van der Waals surface area contributed by atoms with Gasteiger partial charge in [-0.05, 0) is 49.3 Å². The number of aromatic amines is 1. The molecule has 0 aliphatic carbocycles. The van der Waals surface area contributed by atoms with Gasteiger partial charge in [0.05, 0.1) is 24.6 Å². The molecule has 3 aromatic rings. The van der Waals surface area contributed by atoms with Crippen molar-refractivity contribution in [2.24, 2.45) is 0 Å². The van der Waals surface area contributed by atoms with Crippen LogP contribution >= 0.6 is 12.2 Å². The standard InChI is InChI=1S/C23H25N3O3S/c1-29-20-9-5-4-8-17(20)15-26-22(28)18-11-10-16(14-19(18)24-23(26)30)21(27)25-12-6-2-3-7-13-25/h4-5,8-11,14H,2-3,6-7,12-13,15H2,1H3,(H,24,30). The van der Waals surface area contributed by atoms with E-state index in [-0.39, 0.29) is 11.5 Å². The Hall–Kier alpha value is -2.93. The second-order valence-electron chi connectivity index (χ2n) is 7.60. The number of ether oxygens (including phenoxy) is 1. The van der Waals surface area contributed by atoms with Crippen molar-refractivity contribution < 1.29 is 9.53 Å². The number of carbonyl (C=O) groups excluding carboxylic acids is 1. The summed E-state index contributed by atoms with van der Waals surface area (Å²) in [5, 5.41) is 0.505. The third kappa shape index (κ3) is 4.03. The molecule has 7 heteroatoms. The Kier molecular flexibility index (Phi) is 5.99. The van der Waals surface area contributed by atoms with Gasteiger partial charge in [0.25, 0.3) is 11.5 Å². The van der Waals surface area contributed by atoms with Crippen LogP contribution < -0.4 is 10.3 Å². The number of nitrogens with one attached hydrogen (secondary N) is 1. The predicted molar refractivity (Wildman–Crippen MR) is 120 cm³/mol. The summed E-state index contributed by atoms with van der Waals surface area (Å²) >= 11 is 5.47. The topological polar surface area (TPSA) is 67.3 Å². The summed E-state index contributed by atoms with van der Waals surface area (Å²) in [6, 6.07) is 12.7. The Morgan fingerprint density at radius 2 is 1.83 bits per heavy atom.